The van der Waals surface area contributed by atoms with Crippen LogP contribution >= 0.6 is 0 Å². The smallest absolute Gasteiger partial charge is 0.390 e. The number of alkyl halides is 3. The van der Waals surface area contributed by atoms with E-state index < -0.39 is 39.4 Å². The second kappa shape index (κ2) is 5.51. The summed E-state index contributed by atoms with van der Waals surface area (Å²) in [6, 6.07) is 0. The molecule has 4 nitrogen and oxygen atoms in total. The topological polar surface area (TPSA) is 71.4 Å². The molecule has 0 saturated carbocycles. The third kappa shape index (κ3) is 5.34. The maximum atomic E-state index is 11.8. The molecule has 0 saturated heterocycles. The lowest BCUT2D eigenvalue weighted by molar-refractivity contribution is -0.137. The Balaban J connectivity index is 4.68. The largest absolute Gasteiger partial charge is 0.480 e. The van der Waals surface area contributed by atoms with Gasteiger partial charge in [-0.2, -0.15) is 13.2 Å². The van der Waals surface area contributed by atoms with E-state index in [1.54, 1.807) is 6.92 Å². The van der Waals surface area contributed by atoms with Crippen LogP contribution in [0.3, 0.4) is 0 Å². The first-order valence-electron chi connectivity index (χ1n) is 4.61. The average Bonchev–Trinajstić information content (AvgIpc) is 2.09. The molecule has 96 valence electrons. The lowest BCUT2D eigenvalue weighted by Crippen LogP contribution is -2.33. The molecular weight excluding hydrogens is 249 g/mol. The van der Waals surface area contributed by atoms with Gasteiger partial charge in [0, 0.05) is 0 Å². The standard InChI is InChI=1S/C8H13F3O4S/c1-2-3-6(7(12)13)16(14,15)5-4-8(9,10)11/h6H,2-5H2,1H3,(H,12,13). The fourth-order valence-electron chi connectivity index (χ4n) is 1.12. The number of hydrogen-bond donors (Lipinski definition) is 1. The number of sulfone groups is 1. The van der Waals surface area contributed by atoms with E-state index in [0.717, 1.165) is 0 Å². The van der Waals surface area contributed by atoms with E-state index in [2.05, 4.69) is 0 Å². The highest BCUT2D eigenvalue weighted by atomic mass is 32.2. The third-order valence-corrected chi connectivity index (χ3v) is 4.01. The van der Waals surface area contributed by atoms with E-state index in [4.69, 9.17) is 5.11 Å². The summed E-state index contributed by atoms with van der Waals surface area (Å²) >= 11 is 0. The van der Waals surface area contributed by atoms with Gasteiger partial charge in [-0.3, -0.25) is 4.79 Å². The monoisotopic (exact) mass is 262 g/mol. The van der Waals surface area contributed by atoms with E-state index in [1.807, 2.05) is 0 Å². The van der Waals surface area contributed by atoms with Gasteiger partial charge in [-0.15, -0.1) is 0 Å². The Hall–Kier alpha value is -0.790. The van der Waals surface area contributed by atoms with E-state index >= 15 is 0 Å². The zero-order valence-corrected chi connectivity index (χ0v) is 9.44. The number of carboxylic acid groups (broad SMARTS) is 1. The van der Waals surface area contributed by atoms with Gasteiger partial charge in [0.05, 0.1) is 12.2 Å². The number of halogens is 3. The summed E-state index contributed by atoms with van der Waals surface area (Å²) in [5.41, 5.74) is 0. The van der Waals surface area contributed by atoms with Crippen LogP contribution in [0, 0.1) is 0 Å². The first kappa shape index (κ1) is 15.2. The molecule has 0 aromatic heterocycles. The summed E-state index contributed by atoms with van der Waals surface area (Å²) in [7, 11) is -4.24. The number of hydrogen-bond acceptors (Lipinski definition) is 3. The molecule has 0 aliphatic heterocycles. The van der Waals surface area contributed by atoms with Crippen molar-refractivity contribution in [2.45, 2.75) is 37.6 Å². The van der Waals surface area contributed by atoms with Gasteiger partial charge in [0.25, 0.3) is 0 Å². The summed E-state index contributed by atoms with van der Waals surface area (Å²) in [4.78, 5) is 10.6. The molecule has 0 aliphatic rings. The van der Waals surface area contributed by atoms with Crippen LogP contribution in [0.1, 0.15) is 26.2 Å². The zero-order chi connectivity index (χ0) is 13.0. The highest BCUT2D eigenvalue weighted by Crippen LogP contribution is 2.22. The summed E-state index contributed by atoms with van der Waals surface area (Å²) in [5.74, 6) is -2.77. The summed E-state index contributed by atoms with van der Waals surface area (Å²) in [6.45, 7) is 1.56. The molecule has 0 aromatic carbocycles. The Morgan fingerprint density at radius 3 is 2.19 bits per heavy atom. The summed E-state index contributed by atoms with van der Waals surface area (Å²) < 4.78 is 58.1. The number of carboxylic acids is 1. The first-order valence-corrected chi connectivity index (χ1v) is 6.33. The molecule has 16 heavy (non-hydrogen) atoms. The van der Waals surface area contributed by atoms with Crippen LogP contribution in [0.2, 0.25) is 0 Å². The first-order chi connectivity index (χ1) is 7.10. The molecule has 1 unspecified atom stereocenters. The summed E-state index contributed by atoms with van der Waals surface area (Å²) in [6.07, 6.45) is -6.00. The van der Waals surface area contributed by atoms with Crippen LogP contribution in [0.15, 0.2) is 0 Å². The van der Waals surface area contributed by atoms with E-state index in [9.17, 15) is 26.4 Å². The Labute approximate surface area is 91.4 Å². The van der Waals surface area contributed by atoms with Crippen molar-refractivity contribution in [2.24, 2.45) is 0 Å². The Morgan fingerprint density at radius 2 is 1.88 bits per heavy atom. The van der Waals surface area contributed by atoms with Crippen LogP contribution in [0.25, 0.3) is 0 Å². The predicted molar refractivity (Wildman–Crippen MR) is 50.8 cm³/mol. The fraction of sp³-hybridized carbons (Fsp3) is 0.875. The quantitative estimate of drug-likeness (QED) is 0.789. The molecule has 0 rings (SSSR count). The molecule has 8 heteroatoms. The molecule has 0 radical (unpaired) electrons. The van der Waals surface area contributed by atoms with Gasteiger partial charge in [-0.1, -0.05) is 13.3 Å². The number of aliphatic carboxylic acids is 1. The highest BCUT2D eigenvalue weighted by molar-refractivity contribution is 7.92. The Morgan fingerprint density at radius 1 is 1.38 bits per heavy atom. The Bertz CT molecular complexity index is 334. The van der Waals surface area contributed by atoms with Crippen molar-refractivity contribution < 1.29 is 31.5 Å². The van der Waals surface area contributed by atoms with Crippen molar-refractivity contribution >= 4 is 15.8 Å². The van der Waals surface area contributed by atoms with Crippen LogP contribution in [-0.2, 0) is 14.6 Å². The van der Waals surface area contributed by atoms with Crippen LogP contribution in [-0.4, -0.2) is 36.7 Å². The molecule has 0 spiro atoms. The van der Waals surface area contributed by atoms with Crippen LogP contribution < -0.4 is 0 Å². The maximum absolute atomic E-state index is 11.8. The minimum atomic E-state index is -4.59. The highest BCUT2D eigenvalue weighted by Gasteiger charge is 2.36. The minimum absolute atomic E-state index is 0.171. The fourth-order valence-corrected chi connectivity index (χ4v) is 2.82. The zero-order valence-electron chi connectivity index (χ0n) is 8.62. The van der Waals surface area contributed by atoms with Crippen LogP contribution in [0.5, 0.6) is 0 Å². The SMILES string of the molecule is CCCC(C(=O)O)S(=O)(=O)CCC(F)(F)F. The molecule has 0 heterocycles. The predicted octanol–water partition coefficient (Wildman–Crippen LogP) is 1.61. The molecule has 0 aliphatic carbocycles. The van der Waals surface area contributed by atoms with Crippen LogP contribution in [0.4, 0.5) is 13.2 Å². The second-order valence-electron chi connectivity index (χ2n) is 3.35. The number of rotatable bonds is 6. The van der Waals surface area contributed by atoms with Crippen molar-refractivity contribution in [3.8, 4) is 0 Å². The molecule has 0 aromatic rings. The van der Waals surface area contributed by atoms with E-state index in [-0.39, 0.29) is 12.8 Å². The summed E-state index contributed by atoms with van der Waals surface area (Å²) in [5, 5.41) is 6.87. The molecule has 0 bridgehead atoms. The van der Waals surface area contributed by atoms with Crippen molar-refractivity contribution in [1.82, 2.24) is 0 Å². The third-order valence-electron chi connectivity index (χ3n) is 1.93. The number of carbonyl (C=O) groups is 1. The minimum Gasteiger partial charge on any atom is -0.480 e. The second-order valence-corrected chi connectivity index (χ2v) is 5.65. The Kier molecular flexibility index (Phi) is 5.24. The van der Waals surface area contributed by atoms with Gasteiger partial charge in [-0.05, 0) is 6.42 Å². The van der Waals surface area contributed by atoms with Gasteiger partial charge in [-0.25, -0.2) is 8.42 Å². The molecular formula is C8H13F3O4S. The molecule has 0 fully saturated rings. The van der Waals surface area contributed by atoms with Crippen molar-refractivity contribution in [3.63, 3.8) is 0 Å². The average molecular weight is 262 g/mol. The van der Waals surface area contributed by atoms with E-state index in [1.165, 1.54) is 0 Å². The van der Waals surface area contributed by atoms with Crippen molar-refractivity contribution in [1.29, 1.82) is 0 Å². The van der Waals surface area contributed by atoms with Crippen molar-refractivity contribution in [2.75, 3.05) is 5.75 Å². The lowest BCUT2D eigenvalue weighted by Gasteiger charge is -2.13. The molecule has 0 amide bonds. The molecule has 1 atom stereocenters. The van der Waals surface area contributed by atoms with Gasteiger partial charge < -0.3 is 5.11 Å². The molecule has 1 N–H and O–H groups in total. The van der Waals surface area contributed by atoms with Gasteiger partial charge in [0.1, 0.15) is 0 Å². The normalized spacial score (nSPS) is 14.8. The maximum Gasteiger partial charge on any atom is 0.390 e. The van der Waals surface area contributed by atoms with Gasteiger partial charge >= 0.3 is 12.1 Å². The van der Waals surface area contributed by atoms with E-state index in [0.29, 0.717) is 0 Å². The van der Waals surface area contributed by atoms with Gasteiger partial charge in [0.2, 0.25) is 0 Å². The lowest BCUT2D eigenvalue weighted by atomic mass is 10.2. The van der Waals surface area contributed by atoms with Gasteiger partial charge in [0.15, 0.2) is 15.1 Å². The van der Waals surface area contributed by atoms with Crippen molar-refractivity contribution in [3.05, 3.63) is 0 Å².